The molecule has 5 rings (SSSR count). The first-order valence-corrected chi connectivity index (χ1v) is 9.88. The first kappa shape index (κ1) is 16.8. The van der Waals surface area contributed by atoms with Crippen molar-refractivity contribution in [3.63, 3.8) is 0 Å². The molecule has 2 aromatic heterocycles. The number of rotatable bonds is 3. The quantitative estimate of drug-likeness (QED) is 0.905. The summed E-state index contributed by atoms with van der Waals surface area (Å²) in [5.74, 6) is 1.04. The molecule has 2 fully saturated rings. The number of nitrogens with one attached hydrogen (secondary N) is 1. The van der Waals surface area contributed by atoms with Gasteiger partial charge in [-0.2, -0.15) is 0 Å². The molecule has 140 valence electrons. The minimum absolute atomic E-state index is 0.00937. The second kappa shape index (κ2) is 5.81. The van der Waals surface area contributed by atoms with Gasteiger partial charge >= 0.3 is 0 Å². The summed E-state index contributed by atoms with van der Waals surface area (Å²) in [6, 6.07) is -0.00937. The van der Waals surface area contributed by atoms with Crippen molar-refractivity contribution in [1.29, 1.82) is 0 Å². The van der Waals surface area contributed by atoms with Gasteiger partial charge in [-0.15, -0.1) is 0 Å². The predicted octanol–water partition coefficient (Wildman–Crippen LogP) is 3.25. The zero-order valence-corrected chi connectivity index (χ0v) is 15.9. The zero-order valence-electron chi connectivity index (χ0n) is 15.9. The molecule has 1 N–H and O–H groups in total. The summed E-state index contributed by atoms with van der Waals surface area (Å²) in [7, 11) is 0. The highest BCUT2D eigenvalue weighted by Gasteiger charge is 2.61. The Kier molecular flexibility index (Phi) is 3.61. The van der Waals surface area contributed by atoms with Gasteiger partial charge in [-0.25, -0.2) is 15.0 Å². The largest absolute Gasteiger partial charge is 0.349 e. The molecule has 6 nitrogen and oxygen atoms in total. The highest BCUT2D eigenvalue weighted by molar-refractivity contribution is 5.83. The van der Waals surface area contributed by atoms with Crippen LogP contribution in [0.1, 0.15) is 63.3 Å². The fourth-order valence-electron chi connectivity index (χ4n) is 4.89. The van der Waals surface area contributed by atoms with Crippen molar-refractivity contribution in [2.75, 3.05) is 0 Å². The van der Waals surface area contributed by atoms with Crippen LogP contribution in [0.15, 0.2) is 24.8 Å². The molecule has 3 aliphatic carbocycles. The van der Waals surface area contributed by atoms with Gasteiger partial charge in [0, 0.05) is 30.1 Å². The lowest BCUT2D eigenvalue weighted by Crippen LogP contribution is -2.39. The van der Waals surface area contributed by atoms with Crippen molar-refractivity contribution in [1.82, 2.24) is 25.3 Å². The monoisotopic (exact) mass is 363 g/mol. The van der Waals surface area contributed by atoms with Crippen LogP contribution in [0.25, 0.3) is 11.5 Å². The van der Waals surface area contributed by atoms with Crippen LogP contribution in [0.5, 0.6) is 0 Å². The first-order valence-electron chi connectivity index (χ1n) is 9.88. The van der Waals surface area contributed by atoms with Gasteiger partial charge in [0.2, 0.25) is 5.91 Å². The molecule has 0 unspecified atom stereocenters. The van der Waals surface area contributed by atoms with Crippen molar-refractivity contribution in [2.45, 2.75) is 58.4 Å². The Labute approximate surface area is 159 Å². The van der Waals surface area contributed by atoms with Crippen molar-refractivity contribution >= 4 is 5.91 Å². The van der Waals surface area contributed by atoms with Crippen LogP contribution < -0.4 is 5.32 Å². The summed E-state index contributed by atoms with van der Waals surface area (Å²) in [5.41, 5.74) is 3.18. The number of amides is 1. The van der Waals surface area contributed by atoms with E-state index in [1.807, 2.05) is 6.20 Å². The Hall–Kier alpha value is -2.37. The van der Waals surface area contributed by atoms with Crippen LogP contribution in [0.4, 0.5) is 0 Å². The van der Waals surface area contributed by atoms with E-state index in [2.05, 4.69) is 34.1 Å². The Morgan fingerprint density at radius 1 is 1.15 bits per heavy atom. The maximum absolute atomic E-state index is 12.8. The standard InChI is InChI=1S/C21H25N5O/c1-20(2)9-15-13(11-24-18(25-15)17-12-22-6-7-23-17)16(10-20)26-19(27)14-8-21(14)4-3-5-21/h6-7,11-12,14,16H,3-5,8-10H2,1-2H3,(H,26,27)/t14-,16+/m0/s1. The summed E-state index contributed by atoms with van der Waals surface area (Å²) < 4.78 is 0. The van der Waals surface area contributed by atoms with Crippen LogP contribution in [0.2, 0.25) is 0 Å². The SMILES string of the molecule is CC1(C)Cc2nc(-c3cnccn3)ncc2[C@H](NC(=O)[C@@H]2CC23CCC3)C1. The summed E-state index contributed by atoms with van der Waals surface area (Å²) in [6.45, 7) is 4.48. The van der Waals surface area contributed by atoms with Gasteiger partial charge in [0.15, 0.2) is 5.82 Å². The van der Waals surface area contributed by atoms with Gasteiger partial charge in [-0.3, -0.25) is 9.78 Å². The molecule has 2 atom stereocenters. The van der Waals surface area contributed by atoms with E-state index in [4.69, 9.17) is 4.98 Å². The van der Waals surface area contributed by atoms with Crippen LogP contribution in [-0.4, -0.2) is 25.8 Å². The van der Waals surface area contributed by atoms with Gasteiger partial charge in [-0.1, -0.05) is 20.3 Å². The van der Waals surface area contributed by atoms with E-state index in [1.165, 1.54) is 19.3 Å². The molecule has 0 bridgehead atoms. The molecule has 6 heteroatoms. The average molecular weight is 363 g/mol. The average Bonchev–Trinajstić information content (AvgIpc) is 3.38. The lowest BCUT2D eigenvalue weighted by atomic mass is 9.74. The summed E-state index contributed by atoms with van der Waals surface area (Å²) in [4.78, 5) is 30.5. The molecule has 3 aliphatic rings. The minimum Gasteiger partial charge on any atom is -0.349 e. The number of carbonyl (C=O) groups excluding carboxylic acids is 1. The Morgan fingerprint density at radius 2 is 2.00 bits per heavy atom. The van der Waals surface area contributed by atoms with Crippen molar-refractivity contribution in [3.8, 4) is 11.5 Å². The second-order valence-corrected chi connectivity index (χ2v) is 9.27. The van der Waals surface area contributed by atoms with Gasteiger partial charge < -0.3 is 5.32 Å². The normalized spacial score (nSPS) is 26.7. The minimum atomic E-state index is -0.00937. The second-order valence-electron chi connectivity index (χ2n) is 9.27. The third kappa shape index (κ3) is 2.91. The van der Waals surface area contributed by atoms with E-state index in [9.17, 15) is 4.79 Å². The third-order valence-corrected chi connectivity index (χ3v) is 6.64. The maximum Gasteiger partial charge on any atom is 0.224 e. The molecule has 1 spiro atoms. The van der Waals surface area contributed by atoms with Gasteiger partial charge in [0.1, 0.15) is 5.69 Å². The summed E-state index contributed by atoms with van der Waals surface area (Å²) >= 11 is 0. The third-order valence-electron chi connectivity index (χ3n) is 6.64. The molecular weight excluding hydrogens is 338 g/mol. The molecule has 0 aromatic carbocycles. The molecular formula is C21H25N5O. The van der Waals surface area contributed by atoms with Crippen molar-refractivity contribution in [2.24, 2.45) is 16.7 Å². The zero-order chi connectivity index (χ0) is 18.6. The number of hydrogen-bond donors (Lipinski definition) is 1. The number of aromatic nitrogens is 4. The van der Waals surface area contributed by atoms with Crippen LogP contribution >= 0.6 is 0 Å². The van der Waals surface area contributed by atoms with E-state index in [1.54, 1.807) is 18.6 Å². The van der Waals surface area contributed by atoms with E-state index < -0.39 is 0 Å². The van der Waals surface area contributed by atoms with Gasteiger partial charge in [0.05, 0.1) is 17.9 Å². The topological polar surface area (TPSA) is 80.7 Å². The van der Waals surface area contributed by atoms with Crippen molar-refractivity contribution < 1.29 is 4.79 Å². The Balaban J connectivity index is 1.42. The Bertz CT molecular complexity index is 891. The first-order chi connectivity index (χ1) is 13.0. The van der Waals surface area contributed by atoms with Crippen LogP contribution in [0.3, 0.4) is 0 Å². The highest BCUT2D eigenvalue weighted by Crippen LogP contribution is 2.65. The smallest absolute Gasteiger partial charge is 0.224 e. The fraction of sp³-hybridized carbons (Fsp3) is 0.571. The van der Waals surface area contributed by atoms with Crippen LogP contribution in [-0.2, 0) is 11.2 Å². The lowest BCUT2D eigenvalue weighted by Gasteiger charge is -2.37. The molecule has 0 saturated heterocycles. The van der Waals surface area contributed by atoms with E-state index in [0.29, 0.717) is 16.9 Å². The molecule has 2 aromatic rings. The predicted molar refractivity (Wildman–Crippen MR) is 100 cm³/mol. The highest BCUT2D eigenvalue weighted by atomic mass is 16.2. The van der Waals surface area contributed by atoms with E-state index in [0.717, 1.165) is 30.5 Å². The van der Waals surface area contributed by atoms with Crippen molar-refractivity contribution in [3.05, 3.63) is 36.0 Å². The molecule has 0 radical (unpaired) electrons. The molecule has 2 saturated carbocycles. The van der Waals surface area contributed by atoms with E-state index >= 15 is 0 Å². The number of hydrogen-bond acceptors (Lipinski definition) is 5. The molecule has 0 aliphatic heterocycles. The number of nitrogens with zero attached hydrogens (tertiary/aromatic N) is 4. The number of carbonyl (C=O) groups is 1. The molecule has 2 heterocycles. The van der Waals surface area contributed by atoms with Gasteiger partial charge in [-0.05, 0) is 42.9 Å². The van der Waals surface area contributed by atoms with E-state index in [-0.39, 0.29) is 23.3 Å². The summed E-state index contributed by atoms with van der Waals surface area (Å²) in [6.07, 6.45) is 13.4. The Morgan fingerprint density at radius 3 is 2.67 bits per heavy atom. The van der Waals surface area contributed by atoms with Crippen LogP contribution in [0, 0.1) is 16.7 Å². The summed E-state index contributed by atoms with van der Waals surface area (Å²) in [5, 5.41) is 3.33. The molecule has 27 heavy (non-hydrogen) atoms. The lowest BCUT2D eigenvalue weighted by molar-refractivity contribution is -0.124. The fourth-order valence-corrected chi connectivity index (χ4v) is 4.89. The maximum atomic E-state index is 12.8. The van der Waals surface area contributed by atoms with Gasteiger partial charge in [0.25, 0.3) is 0 Å². The molecule has 1 amide bonds. The number of fused-ring (bicyclic) bond motifs is 1.